The number of hydrogen-bond donors (Lipinski definition) is 4. The summed E-state index contributed by atoms with van der Waals surface area (Å²) in [4.78, 5) is 41.2. The summed E-state index contributed by atoms with van der Waals surface area (Å²) in [5.74, 6) is -1.05. The SMILES string of the molecule is CC(C)C(=O)NC(Cc1c[nH]c2ccccc12)C(=O)NNC(=O)C(C)Oc1ccc2ccccc2c1. The molecule has 8 nitrogen and oxygen atoms in total. The Morgan fingerprint density at radius 1 is 0.833 bits per heavy atom. The fraction of sp³-hybridized carbons (Fsp3) is 0.250. The van der Waals surface area contributed by atoms with Crippen molar-refractivity contribution in [2.75, 3.05) is 0 Å². The van der Waals surface area contributed by atoms with E-state index in [1.54, 1.807) is 26.8 Å². The lowest BCUT2D eigenvalue weighted by Crippen LogP contribution is -2.55. The highest BCUT2D eigenvalue weighted by Gasteiger charge is 2.25. The van der Waals surface area contributed by atoms with E-state index >= 15 is 0 Å². The number of carbonyl (C=O) groups is 3. The third-order valence-corrected chi connectivity index (χ3v) is 5.97. The van der Waals surface area contributed by atoms with Crippen LogP contribution in [0.4, 0.5) is 0 Å². The van der Waals surface area contributed by atoms with Crippen LogP contribution in [0.2, 0.25) is 0 Å². The lowest BCUT2D eigenvalue weighted by atomic mass is 10.0. The summed E-state index contributed by atoms with van der Waals surface area (Å²) in [6.45, 7) is 5.10. The fourth-order valence-corrected chi connectivity index (χ4v) is 3.88. The number of amides is 3. The number of para-hydroxylation sites is 1. The van der Waals surface area contributed by atoms with Crippen molar-refractivity contribution in [2.24, 2.45) is 5.92 Å². The number of ether oxygens (including phenoxy) is 1. The predicted molar refractivity (Wildman–Crippen MR) is 139 cm³/mol. The van der Waals surface area contributed by atoms with Gasteiger partial charge in [-0.05, 0) is 41.5 Å². The van der Waals surface area contributed by atoms with Crippen LogP contribution in [0.15, 0.2) is 72.9 Å². The molecule has 36 heavy (non-hydrogen) atoms. The molecule has 0 saturated carbocycles. The highest BCUT2D eigenvalue weighted by Crippen LogP contribution is 2.22. The number of aromatic amines is 1. The molecule has 2 unspecified atom stereocenters. The number of rotatable bonds is 8. The Morgan fingerprint density at radius 3 is 2.31 bits per heavy atom. The first-order chi connectivity index (χ1) is 17.3. The molecule has 0 bridgehead atoms. The second-order valence-corrected chi connectivity index (χ2v) is 9.03. The van der Waals surface area contributed by atoms with E-state index in [-0.39, 0.29) is 18.2 Å². The van der Waals surface area contributed by atoms with Crippen LogP contribution in [0.25, 0.3) is 21.7 Å². The zero-order valence-corrected chi connectivity index (χ0v) is 20.5. The van der Waals surface area contributed by atoms with Gasteiger partial charge in [-0.3, -0.25) is 25.2 Å². The van der Waals surface area contributed by atoms with E-state index in [1.807, 2.05) is 66.9 Å². The largest absolute Gasteiger partial charge is 0.481 e. The summed E-state index contributed by atoms with van der Waals surface area (Å²) in [6.07, 6.45) is 1.22. The van der Waals surface area contributed by atoms with Crippen LogP contribution in [-0.2, 0) is 20.8 Å². The molecule has 0 aliphatic carbocycles. The molecule has 4 N–H and O–H groups in total. The maximum Gasteiger partial charge on any atom is 0.279 e. The van der Waals surface area contributed by atoms with Gasteiger partial charge < -0.3 is 15.0 Å². The molecule has 2 atom stereocenters. The molecule has 0 aliphatic rings. The van der Waals surface area contributed by atoms with Gasteiger partial charge in [0.15, 0.2) is 6.10 Å². The molecule has 0 saturated heterocycles. The summed E-state index contributed by atoms with van der Waals surface area (Å²) in [5, 5.41) is 5.82. The number of carbonyl (C=O) groups excluding carboxylic acids is 3. The third-order valence-electron chi connectivity index (χ3n) is 5.97. The number of H-pyrrole nitrogens is 1. The van der Waals surface area contributed by atoms with Gasteiger partial charge in [0.2, 0.25) is 5.91 Å². The van der Waals surface area contributed by atoms with Crippen molar-refractivity contribution >= 4 is 39.4 Å². The van der Waals surface area contributed by atoms with Gasteiger partial charge in [0, 0.05) is 29.4 Å². The molecule has 0 aliphatic heterocycles. The molecular weight excluding hydrogens is 456 g/mol. The van der Waals surface area contributed by atoms with Gasteiger partial charge in [-0.15, -0.1) is 0 Å². The maximum atomic E-state index is 13.0. The quantitative estimate of drug-likeness (QED) is 0.285. The van der Waals surface area contributed by atoms with E-state index in [0.29, 0.717) is 5.75 Å². The number of fused-ring (bicyclic) bond motifs is 2. The molecule has 3 aromatic carbocycles. The smallest absolute Gasteiger partial charge is 0.279 e. The first-order valence-electron chi connectivity index (χ1n) is 11.9. The Morgan fingerprint density at radius 2 is 1.53 bits per heavy atom. The van der Waals surface area contributed by atoms with Crippen molar-refractivity contribution < 1.29 is 19.1 Å². The van der Waals surface area contributed by atoms with E-state index in [9.17, 15) is 14.4 Å². The Balaban J connectivity index is 1.39. The van der Waals surface area contributed by atoms with Crippen molar-refractivity contribution in [3.8, 4) is 5.75 Å². The zero-order valence-electron chi connectivity index (χ0n) is 20.5. The minimum atomic E-state index is -0.879. The van der Waals surface area contributed by atoms with E-state index < -0.39 is 24.0 Å². The van der Waals surface area contributed by atoms with E-state index in [1.165, 1.54) is 0 Å². The first-order valence-corrected chi connectivity index (χ1v) is 11.9. The van der Waals surface area contributed by atoms with Gasteiger partial charge in [0.1, 0.15) is 11.8 Å². The molecule has 1 heterocycles. The normalized spacial score (nSPS) is 12.8. The molecule has 186 valence electrons. The second kappa shape index (κ2) is 10.9. The van der Waals surface area contributed by atoms with Gasteiger partial charge >= 0.3 is 0 Å². The van der Waals surface area contributed by atoms with Crippen LogP contribution in [0.5, 0.6) is 5.75 Å². The zero-order chi connectivity index (χ0) is 25.7. The second-order valence-electron chi connectivity index (χ2n) is 9.03. The van der Waals surface area contributed by atoms with Crippen LogP contribution in [0, 0.1) is 5.92 Å². The Kier molecular flexibility index (Phi) is 7.53. The van der Waals surface area contributed by atoms with Crippen molar-refractivity contribution in [3.05, 3.63) is 78.5 Å². The van der Waals surface area contributed by atoms with E-state index in [4.69, 9.17) is 4.74 Å². The number of nitrogens with one attached hydrogen (secondary N) is 4. The molecule has 0 spiro atoms. The number of aromatic nitrogens is 1. The lowest BCUT2D eigenvalue weighted by Gasteiger charge is -2.21. The number of benzene rings is 3. The minimum Gasteiger partial charge on any atom is -0.481 e. The topological polar surface area (TPSA) is 112 Å². The summed E-state index contributed by atoms with van der Waals surface area (Å²) in [7, 11) is 0. The third kappa shape index (κ3) is 5.83. The van der Waals surface area contributed by atoms with Crippen molar-refractivity contribution in [3.63, 3.8) is 0 Å². The van der Waals surface area contributed by atoms with Crippen molar-refractivity contribution in [1.82, 2.24) is 21.2 Å². The molecule has 0 radical (unpaired) electrons. The van der Waals surface area contributed by atoms with E-state index in [2.05, 4.69) is 21.2 Å². The summed E-state index contributed by atoms with van der Waals surface area (Å²) >= 11 is 0. The fourth-order valence-electron chi connectivity index (χ4n) is 3.88. The van der Waals surface area contributed by atoms with Gasteiger partial charge in [-0.25, -0.2) is 0 Å². The maximum absolute atomic E-state index is 13.0. The molecular formula is C28H30N4O4. The molecule has 0 fully saturated rings. The lowest BCUT2D eigenvalue weighted by molar-refractivity contribution is -0.135. The highest BCUT2D eigenvalue weighted by atomic mass is 16.5. The Bertz CT molecular complexity index is 1390. The van der Waals surface area contributed by atoms with Gasteiger partial charge in [0.25, 0.3) is 11.8 Å². The van der Waals surface area contributed by atoms with Crippen molar-refractivity contribution in [1.29, 1.82) is 0 Å². The van der Waals surface area contributed by atoms with Crippen LogP contribution in [0.1, 0.15) is 26.3 Å². The summed E-state index contributed by atoms with van der Waals surface area (Å²) < 4.78 is 5.77. The monoisotopic (exact) mass is 486 g/mol. The van der Waals surface area contributed by atoms with Gasteiger partial charge in [-0.1, -0.05) is 62.4 Å². The Hall–Kier alpha value is -4.33. The molecule has 8 heteroatoms. The summed E-state index contributed by atoms with van der Waals surface area (Å²) in [5.41, 5.74) is 6.68. The average Bonchev–Trinajstić information content (AvgIpc) is 3.29. The van der Waals surface area contributed by atoms with Crippen molar-refractivity contribution in [2.45, 2.75) is 39.3 Å². The molecule has 4 rings (SSSR count). The molecule has 4 aromatic rings. The van der Waals surface area contributed by atoms with Crippen LogP contribution in [0.3, 0.4) is 0 Å². The van der Waals surface area contributed by atoms with Crippen LogP contribution >= 0.6 is 0 Å². The van der Waals surface area contributed by atoms with Gasteiger partial charge in [0.05, 0.1) is 0 Å². The van der Waals surface area contributed by atoms with Gasteiger partial charge in [-0.2, -0.15) is 0 Å². The van der Waals surface area contributed by atoms with Crippen LogP contribution in [-0.4, -0.2) is 34.9 Å². The number of hydrogen-bond acceptors (Lipinski definition) is 4. The Labute approximate surface area is 209 Å². The minimum absolute atomic E-state index is 0.255. The number of hydrazine groups is 1. The van der Waals surface area contributed by atoms with Crippen LogP contribution < -0.4 is 20.9 Å². The van der Waals surface area contributed by atoms with E-state index in [0.717, 1.165) is 27.2 Å². The molecule has 1 aromatic heterocycles. The predicted octanol–water partition coefficient (Wildman–Crippen LogP) is 3.62. The average molecular weight is 487 g/mol. The summed E-state index contributed by atoms with van der Waals surface area (Å²) in [6, 6.07) is 20.3. The highest BCUT2D eigenvalue weighted by molar-refractivity contribution is 5.92. The molecule has 3 amide bonds. The first kappa shape index (κ1) is 24.8. The standard InChI is InChI=1S/C28H30N4O4/c1-17(2)26(33)30-25(15-21-16-29-24-11-7-6-10-23(21)24)28(35)32-31-27(34)18(3)36-22-13-12-19-8-4-5-9-20(19)14-22/h4-14,16-18,25,29H,15H2,1-3H3,(H,30,33)(H,31,34)(H,32,35).